The summed E-state index contributed by atoms with van der Waals surface area (Å²) in [5.74, 6) is 0.310. The number of aromatic nitrogens is 2. The van der Waals surface area contributed by atoms with E-state index < -0.39 is 0 Å². The van der Waals surface area contributed by atoms with Gasteiger partial charge in [0.1, 0.15) is 0 Å². The maximum atomic E-state index is 12.5. The van der Waals surface area contributed by atoms with Gasteiger partial charge in [-0.15, -0.1) is 10.2 Å². The molecule has 4 rings (SSSR count). The Bertz CT molecular complexity index is 944. The number of fused-ring (bicyclic) bond motifs is 1. The Morgan fingerprint density at radius 1 is 1.10 bits per heavy atom. The summed E-state index contributed by atoms with van der Waals surface area (Å²) in [6.07, 6.45) is 4.35. The standard InChI is InChI=1S/C23H28N4O4/c1-15-9-11-16(12-10-15)21-25-24-19(31-21)14-26(2)20(28)8-5-13-27-22(29)17-6-3-4-7-18(17)23(27)30/h9-12,17-18H,3-8,13-14H2,1-2H3/t17-,18+. The van der Waals surface area contributed by atoms with Crippen LogP contribution < -0.4 is 0 Å². The van der Waals surface area contributed by atoms with Gasteiger partial charge in [0.2, 0.25) is 29.5 Å². The molecule has 0 radical (unpaired) electrons. The van der Waals surface area contributed by atoms with Crippen molar-refractivity contribution in [3.05, 3.63) is 35.7 Å². The first-order valence-corrected chi connectivity index (χ1v) is 10.9. The predicted octanol–water partition coefficient (Wildman–Crippen LogP) is 2.96. The summed E-state index contributed by atoms with van der Waals surface area (Å²) in [6.45, 7) is 2.53. The molecular formula is C23H28N4O4. The van der Waals surface area contributed by atoms with Crippen molar-refractivity contribution in [1.29, 1.82) is 0 Å². The van der Waals surface area contributed by atoms with Gasteiger partial charge >= 0.3 is 0 Å². The number of hydrogen-bond donors (Lipinski definition) is 0. The zero-order valence-corrected chi connectivity index (χ0v) is 18.0. The van der Waals surface area contributed by atoms with Crippen LogP contribution in [0.3, 0.4) is 0 Å². The number of nitrogens with zero attached hydrogens (tertiary/aromatic N) is 4. The summed E-state index contributed by atoms with van der Waals surface area (Å²) in [5, 5.41) is 8.09. The third-order valence-corrected chi connectivity index (χ3v) is 6.27. The van der Waals surface area contributed by atoms with E-state index in [0.717, 1.165) is 36.8 Å². The summed E-state index contributed by atoms with van der Waals surface area (Å²) < 4.78 is 5.68. The molecule has 8 heteroatoms. The number of benzene rings is 1. The molecule has 2 atom stereocenters. The van der Waals surface area contributed by atoms with Gasteiger partial charge in [-0.25, -0.2) is 0 Å². The van der Waals surface area contributed by atoms with Gasteiger partial charge in [-0.1, -0.05) is 30.5 Å². The fraction of sp³-hybridized carbons (Fsp3) is 0.522. The predicted molar refractivity (Wildman–Crippen MR) is 112 cm³/mol. The first-order valence-electron chi connectivity index (χ1n) is 10.9. The van der Waals surface area contributed by atoms with Crippen LogP contribution in [0.2, 0.25) is 0 Å². The van der Waals surface area contributed by atoms with Gasteiger partial charge in [-0.2, -0.15) is 0 Å². The third kappa shape index (κ3) is 4.52. The van der Waals surface area contributed by atoms with Crippen molar-refractivity contribution in [2.24, 2.45) is 11.8 Å². The van der Waals surface area contributed by atoms with Crippen LogP contribution in [-0.4, -0.2) is 51.3 Å². The summed E-state index contributed by atoms with van der Waals surface area (Å²) in [7, 11) is 1.68. The van der Waals surface area contributed by atoms with E-state index in [4.69, 9.17) is 4.42 Å². The Hall–Kier alpha value is -3.03. The number of hydrogen-bond acceptors (Lipinski definition) is 6. The van der Waals surface area contributed by atoms with Crippen molar-refractivity contribution in [2.75, 3.05) is 13.6 Å². The van der Waals surface area contributed by atoms with E-state index >= 15 is 0 Å². The Morgan fingerprint density at radius 3 is 2.39 bits per heavy atom. The van der Waals surface area contributed by atoms with Gasteiger partial charge in [-0.3, -0.25) is 19.3 Å². The average molecular weight is 425 g/mol. The highest BCUT2D eigenvalue weighted by atomic mass is 16.4. The lowest BCUT2D eigenvalue weighted by atomic mass is 9.81. The summed E-state index contributed by atoms with van der Waals surface area (Å²) in [6, 6.07) is 7.77. The van der Waals surface area contributed by atoms with Gasteiger partial charge in [-0.05, 0) is 38.3 Å². The van der Waals surface area contributed by atoms with Crippen molar-refractivity contribution in [3.63, 3.8) is 0 Å². The van der Waals surface area contributed by atoms with Crippen LogP contribution in [0.1, 0.15) is 50.0 Å². The minimum absolute atomic E-state index is 0.0509. The third-order valence-electron chi connectivity index (χ3n) is 6.27. The maximum absolute atomic E-state index is 12.5. The van der Waals surface area contributed by atoms with Crippen molar-refractivity contribution in [2.45, 2.75) is 52.0 Å². The number of carbonyl (C=O) groups is 3. The molecule has 1 aromatic carbocycles. The van der Waals surface area contributed by atoms with E-state index in [0.29, 0.717) is 24.7 Å². The summed E-state index contributed by atoms with van der Waals surface area (Å²) in [4.78, 5) is 40.4. The van der Waals surface area contributed by atoms with Crippen LogP contribution in [0, 0.1) is 18.8 Å². The second kappa shape index (κ2) is 8.99. The molecule has 0 N–H and O–H groups in total. The number of rotatable bonds is 7. The fourth-order valence-corrected chi connectivity index (χ4v) is 4.45. The van der Waals surface area contributed by atoms with Crippen LogP contribution in [0.25, 0.3) is 11.5 Å². The molecule has 3 amide bonds. The van der Waals surface area contributed by atoms with Gasteiger partial charge in [0.25, 0.3) is 0 Å². The molecule has 1 aliphatic heterocycles. The van der Waals surface area contributed by atoms with Crippen molar-refractivity contribution < 1.29 is 18.8 Å². The van der Waals surface area contributed by atoms with E-state index in [1.54, 1.807) is 7.05 Å². The number of aryl methyl sites for hydroxylation is 1. The molecule has 1 saturated carbocycles. The quantitative estimate of drug-likeness (QED) is 0.634. The molecule has 31 heavy (non-hydrogen) atoms. The van der Waals surface area contributed by atoms with Crippen LogP contribution in [0.15, 0.2) is 28.7 Å². The summed E-state index contributed by atoms with van der Waals surface area (Å²) >= 11 is 0. The Kier molecular flexibility index (Phi) is 6.15. The van der Waals surface area contributed by atoms with E-state index in [9.17, 15) is 14.4 Å². The molecular weight excluding hydrogens is 396 g/mol. The average Bonchev–Trinajstić information content (AvgIpc) is 3.33. The lowest BCUT2D eigenvalue weighted by molar-refractivity contribution is -0.140. The van der Waals surface area contributed by atoms with Gasteiger partial charge < -0.3 is 9.32 Å². The molecule has 2 aliphatic rings. The minimum Gasteiger partial charge on any atom is -0.419 e. The molecule has 8 nitrogen and oxygen atoms in total. The van der Waals surface area contributed by atoms with Gasteiger partial charge in [0.05, 0.1) is 18.4 Å². The van der Waals surface area contributed by atoms with Crippen molar-refractivity contribution in [3.8, 4) is 11.5 Å². The van der Waals surface area contributed by atoms with Crippen molar-refractivity contribution in [1.82, 2.24) is 20.0 Å². The molecule has 1 aromatic heterocycles. The molecule has 0 spiro atoms. The maximum Gasteiger partial charge on any atom is 0.247 e. The highest BCUT2D eigenvalue weighted by Gasteiger charge is 2.47. The van der Waals surface area contributed by atoms with Crippen LogP contribution in [0.5, 0.6) is 0 Å². The molecule has 2 aromatic rings. The SMILES string of the molecule is Cc1ccc(-c2nnc(CN(C)C(=O)CCCN3C(=O)[C@H]4CCCC[C@H]4C3=O)o2)cc1. The number of carbonyl (C=O) groups excluding carboxylic acids is 3. The minimum atomic E-state index is -0.139. The smallest absolute Gasteiger partial charge is 0.247 e. The zero-order valence-electron chi connectivity index (χ0n) is 18.0. The molecule has 1 aliphatic carbocycles. The molecule has 2 heterocycles. The van der Waals surface area contributed by atoms with Gasteiger partial charge in [0.15, 0.2) is 0 Å². The monoisotopic (exact) mass is 424 g/mol. The lowest BCUT2D eigenvalue weighted by Crippen LogP contribution is -2.33. The van der Waals surface area contributed by atoms with Gasteiger partial charge in [0, 0.05) is 25.6 Å². The Labute approximate surface area is 181 Å². The second-order valence-corrected chi connectivity index (χ2v) is 8.55. The molecule has 0 bridgehead atoms. The number of likely N-dealkylation sites (tertiary alicyclic amines) is 1. The van der Waals surface area contributed by atoms with E-state index in [1.807, 2.05) is 31.2 Å². The lowest BCUT2D eigenvalue weighted by Gasteiger charge is -2.19. The van der Waals surface area contributed by atoms with Crippen LogP contribution in [-0.2, 0) is 20.9 Å². The van der Waals surface area contributed by atoms with E-state index in [1.165, 1.54) is 9.80 Å². The second-order valence-electron chi connectivity index (χ2n) is 8.55. The molecule has 2 fully saturated rings. The first-order chi connectivity index (χ1) is 14.9. The number of amides is 3. The van der Waals surface area contributed by atoms with E-state index in [2.05, 4.69) is 10.2 Å². The van der Waals surface area contributed by atoms with Crippen LogP contribution >= 0.6 is 0 Å². The first kappa shape index (κ1) is 21.2. The van der Waals surface area contributed by atoms with Crippen molar-refractivity contribution >= 4 is 17.7 Å². The topological polar surface area (TPSA) is 96.6 Å². The largest absolute Gasteiger partial charge is 0.419 e. The Morgan fingerprint density at radius 2 is 1.74 bits per heavy atom. The zero-order chi connectivity index (χ0) is 22.0. The number of imide groups is 1. The molecule has 0 unspecified atom stereocenters. The molecule has 164 valence electrons. The molecule has 1 saturated heterocycles. The van der Waals surface area contributed by atoms with E-state index in [-0.39, 0.29) is 42.5 Å². The highest BCUT2D eigenvalue weighted by molar-refractivity contribution is 6.05. The van der Waals surface area contributed by atoms with Crippen LogP contribution in [0.4, 0.5) is 0 Å². The normalized spacial score (nSPS) is 20.8. The Balaban J connectivity index is 1.26. The highest BCUT2D eigenvalue weighted by Crippen LogP contribution is 2.38. The fourth-order valence-electron chi connectivity index (χ4n) is 4.45. The summed E-state index contributed by atoms with van der Waals surface area (Å²) in [5.41, 5.74) is 1.98.